The van der Waals surface area contributed by atoms with Crippen molar-refractivity contribution in [3.63, 3.8) is 0 Å². The molecule has 2 aromatic heterocycles. The number of amides is 1. The highest BCUT2D eigenvalue weighted by atomic mass is 35.5. The molecule has 0 aliphatic rings. The number of nitrogens with one attached hydrogen (secondary N) is 1. The van der Waals surface area contributed by atoms with Gasteiger partial charge in [-0.1, -0.05) is 44.5 Å². The molecule has 0 saturated heterocycles. The van der Waals surface area contributed by atoms with Gasteiger partial charge in [-0.25, -0.2) is 13.8 Å². The van der Waals surface area contributed by atoms with E-state index in [1.165, 1.54) is 16.6 Å². The molecule has 4 rings (SSSR count). The molecule has 0 radical (unpaired) electrons. The zero-order valence-electron chi connectivity index (χ0n) is 19.9. The maximum Gasteiger partial charge on any atom is 0.239 e. The Kier molecular flexibility index (Phi) is 7.76. The lowest BCUT2D eigenvalue weighted by Gasteiger charge is -2.24. The third-order valence-corrected chi connectivity index (χ3v) is 7.07. The van der Waals surface area contributed by atoms with E-state index in [4.69, 9.17) is 11.6 Å². The van der Waals surface area contributed by atoms with Crippen molar-refractivity contribution in [2.24, 2.45) is 5.92 Å². The number of rotatable bonds is 8. The number of hydrogen-bond acceptors (Lipinski definition) is 4. The molecule has 4 aromatic rings. The standard InChI is InChI=1S/C27H24ClF2N3O2S/c1-4-11-36-33(27(35)15(2)3)22-10-9-21(29)23(24(22)30)25(34)20-14-32-26-19(20)12-17(13-31-26)16-5-7-18(28)8-6-16/h5-10,12-15H,4,11H2,1-3H3,(H,31,32). The van der Waals surface area contributed by atoms with E-state index in [9.17, 15) is 14.0 Å². The minimum atomic E-state index is -1.08. The molecule has 0 spiro atoms. The largest absolute Gasteiger partial charge is 0.345 e. The lowest BCUT2D eigenvalue weighted by Crippen LogP contribution is -2.30. The number of halogens is 3. The Bertz CT molecular complexity index is 1440. The molecular weight excluding hydrogens is 504 g/mol. The van der Waals surface area contributed by atoms with Crippen molar-refractivity contribution in [1.82, 2.24) is 9.97 Å². The third kappa shape index (κ3) is 5.01. The van der Waals surface area contributed by atoms with Gasteiger partial charge in [0.2, 0.25) is 11.7 Å². The van der Waals surface area contributed by atoms with Crippen LogP contribution in [0.5, 0.6) is 0 Å². The van der Waals surface area contributed by atoms with Crippen molar-refractivity contribution in [2.45, 2.75) is 27.2 Å². The lowest BCUT2D eigenvalue weighted by molar-refractivity contribution is -0.120. The number of aromatic amines is 1. The molecule has 9 heteroatoms. The maximum absolute atomic E-state index is 15.8. The van der Waals surface area contributed by atoms with Gasteiger partial charge in [-0.05, 0) is 54.3 Å². The van der Waals surface area contributed by atoms with Gasteiger partial charge < -0.3 is 4.98 Å². The summed E-state index contributed by atoms with van der Waals surface area (Å²) in [6, 6.07) is 11.1. The van der Waals surface area contributed by atoms with Crippen molar-refractivity contribution < 1.29 is 18.4 Å². The Hall–Kier alpha value is -3.23. The van der Waals surface area contributed by atoms with Crippen LogP contribution in [0.25, 0.3) is 22.2 Å². The van der Waals surface area contributed by atoms with Gasteiger partial charge in [-0.3, -0.25) is 13.9 Å². The maximum atomic E-state index is 15.8. The number of nitrogens with zero attached hydrogens (tertiary/aromatic N) is 2. The van der Waals surface area contributed by atoms with Crippen LogP contribution in [0, 0.1) is 17.6 Å². The van der Waals surface area contributed by atoms with E-state index in [1.54, 1.807) is 38.2 Å². The second-order valence-corrected chi connectivity index (χ2v) is 10.0. The number of pyridine rings is 1. The topological polar surface area (TPSA) is 66.1 Å². The first kappa shape index (κ1) is 25.9. The monoisotopic (exact) mass is 527 g/mol. The van der Waals surface area contributed by atoms with Gasteiger partial charge in [-0.15, -0.1) is 0 Å². The lowest BCUT2D eigenvalue weighted by atomic mass is 9.99. The van der Waals surface area contributed by atoms with Crippen molar-refractivity contribution in [2.75, 3.05) is 10.1 Å². The normalized spacial score (nSPS) is 11.3. The first-order valence-electron chi connectivity index (χ1n) is 11.5. The molecule has 186 valence electrons. The zero-order valence-corrected chi connectivity index (χ0v) is 21.5. The molecule has 0 fully saturated rings. The van der Waals surface area contributed by atoms with Crippen molar-refractivity contribution in [3.8, 4) is 11.1 Å². The van der Waals surface area contributed by atoms with Gasteiger partial charge >= 0.3 is 0 Å². The number of carbonyl (C=O) groups is 2. The first-order valence-corrected chi connectivity index (χ1v) is 12.8. The van der Waals surface area contributed by atoms with E-state index in [-0.39, 0.29) is 17.2 Å². The van der Waals surface area contributed by atoms with Crippen LogP contribution in [-0.4, -0.2) is 27.4 Å². The second kappa shape index (κ2) is 10.8. The van der Waals surface area contributed by atoms with Crippen LogP contribution in [-0.2, 0) is 4.79 Å². The Morgan fingerprint density at radius 3 is 2.50 bits per heavy atom. The van der Waals surface area contributed by atoms with Gasteiger partial charge in [-0.2, -0.15) is 0 Å². The Balaban J connectivity index is 1.80. The van der Waals surface area contributed by atoms with Crippen LogP contribution < -0.4 is 4.31 Å². The summed E-state index contributed by atoms with van der Waals surface area (Å²) in [5.41, 5.74) is 1.16. The second-order valence-electron chi connectivity index (χ2n) is 8.53. The highest BCUT2D eigenvalue weighted by Crippen LogP contribution is 2.34. The minimum absolute atomic E-state index is 0.0752. The molecule has 2 aromatic carbocycles. The van der Waals surface area contributed by atoms with Crippen molar-refractivity contribution >= 4 is 52.0 Å². The zero-order chi connectivity index (χ0) is 26.0. The molecule has 0 aliphatic carbocycles. The van der Waals surface area contributed by atoms with E-state index in [0.717, 1.165) is 30.0 Å². The highest BCUT2D eigenvalue weighted by Gasteiger charge is 2.29. The molecule has 0 unspecified atom stereocenters. The van der Waals surface area contributed by atoms with Crippen LogP contribution >= 0.6 is 23.5 Å². The molecular formula is C27H24ClF2N3O2S. The first-order chi connectivity index (χ1) is 17.2. The number of anilines is 1. The van der Waals surface area contributed by atoms with E-state index in [2.05, 4.69) is 9.97 Å². The number of fused-ring (bicyclic) bond motifs is 1. The number of carbonyl (C=O) groups excluding carboxylic acids is 2. The minimum Gasteiger partial charge on any atom is -0.345 e. The predicted octanol–water partition coefficient (Wildman–Crippen LogP) is 7.44. The van der Waals surface area contributed by atoms with E-state index >= 15 is 4.39 Å². The average Bonchev–Trinajstić information content (AvgIpc) is 3.28. The van der Waals surface area contributed by atoms with Gasteiger partial charge in [0.1, 0.15) is 11.5 Å². The Labute approximate surface area is 217 Å². The summed E-state index contributed by atoms with van der Waals surface area (Å²) in [6.45, 7) is 5.34. The number of H-pyrrole nitrogens is 1. The molecule has 5 nitrogen and oxygen atoms in total. The van der Waals surface area contributed by atoms with Crippen LogP contribution in [0.4, 0.5) is 14.5 Å². The van der Waals surface area contributed by atoms with E-state index in [1.807, 2.05) is 19.1 Å². The van der Waals surface area contributed by atoms with Gasteiger partial charge in [0.05, 0.1) is 11.3 Å². The summed E-state index contributed by atoms with van der Waals surface area (Å²) in [7, 11) is 0. The Morgan fingerprint density at radius 2 is 1.83 bits per heavy atom. The number of hydrogen-bond donors (Lipinski definition) is 1. The fraction of sp³-hybridized carbons (Fsp3) is 0.222. The summed E-state index contributed by atoms with van der Waals surface area (Å²) >= 11 is 7.11. The molecule has 1 amide bonds. The number of ketones is 1. The van der Waals surface area contributed by atoms with Crippen molar-refractivity contribution in [1.29, 1.82) is 0 Å². The number of aromatic nitrogens is 2. The molecule has 0 saturated carbocycles. The summed E-state index contributed by atoms with van der Waals surface area (Å²) < 4.78 is 31.9. The summed E-state index contributed by atoms with van der Waals surface area (Å²) in [5, 5.41) is 1.00. The Morgan fingerprint density at radius 1 is 1.11 bits per heavy atom. The van der Waals surface area contributed by atoms with E-state index in [0.29, 0.717) is 27.4 Å². The summed E-state index contributed by atoms with van der Waals surface area (Å²) in [5.74, 6) is -3.11. The van der Waals surface area contributed by atoms with Gasteiger partial charge in [0.25, 0.3) is 0 Å². The third-order valence-electron chi connectivity index (χ3n) is 5.59. The summed E-state index contributed by atoms with van der Waals surface area (Å²) in [4.78, 5) is 33.6. The molecule has 0 bridgehead atoms. The van der Waals surface area contributed by atoms with Crippen LogP contribution in [0.15, 0.2) is 54.9 Å². The van der Waals surface area contributed by atoms with Gasteiger partial charge in [0, 0.05) is 45.6 Å². The number of benzene rings is 2. The molecule has 0 aliphatic heterocycles. The predicted molar refractivity (Wildman–Crippen MR) is 141 cm³/mol. The fourth-order valence-corrected chi connectivity index (χ4v) is 4.81. The van der Waals surface area contributed by atoms with Crippen LogP contribution in [0.3, 0.4) is 0 Å². The van der Waals surface area contributed by atoms with E-state index < -0.39 is 28.9 Å². The quantitative estimate of drug-likeness (QED) is 0.191. The average molecular weight is 528 g/mol. The van der Waals surface area contributed by atoms with Gasteiger partial charge in [0.15, 0.2) is 5.82 Å². The summed E-state index contributed by atoms with van der Waals surface area (Å²) in [6.07, 6.45) is 3.78. The van der Waals surface area contributed by atoms with Crippen LogP contribution in [0.1, 0.15) is 43.1 Å². The molecule has 36 heavy (non-hydrogen) atoms. The molecule has 0 atom stereocenters. The molecule has 2 heterocycles. The smallest absolute Gasteiger partial charge is 0.239 e. The highest BCUT2D eigenvalue weighted by molar-refractivity contribution is 8.01. The van der Waals surface area contributed by atoms with Crippen molar-refractivity contribution in [3.05, 3.63) is 82.6 Å². The van der Waals surface area contributed by atoms with Crippen LogP contribution in [0.2, 0.25) is 5.02 Å². The fourth-order valence-electron chi connectivity index (χ4n) is 3.70. The molecule has 1 N–H and O–H groups in total. The SMILES string of the molecule is CCCSN(C(=O)C(C)C)c1ccc(F)c(C(=O)c2c[nH]c3ncc(-c4ccc(Cl)cc4)cc23)c1F.